The number of aromatic amines is 1. The molecule has 2 rings (SSSR count). The molecule has 0 aliphatic carbocycles. The molecule has 0 fully saturated rings. The van der Waals surface area contributed by atoms with Crippen molar-refractivity contribution in [2.75, 3.05) is 0 Å². The summed E-state index contributed by atoms with van der Waals surface area (Å²) in [6, 6.07) is 0.844. The van der Waals surface area contributed by atoms with Gasteiger partial charge in [-0.15, -0.1) is 0 Å². The maximum atomic E-state index is 13.3. The van der Waals surface area contributed by atoms with E-state index < -0.39 is 44.0 Å². The molecule has 0 aliphatic rings. The van der Waals surface area contributed by atoms with Gasteiger partial charge in [-0.1, -0.05) is 0 Å². The number of H-pyrrole nitrogens is 1. The number of nitrogens with two attached hydrogens (primary N) is 1. The van der Waals surface area contributed by atoms with Gasteiger partial charge in [-0.25, -0.2) is 31.8 Å². The Balaban J connectivity index is 2.60. The molecule has 0 radical (unpaired) electrons. The number of nitrogens with one attached hydrogen (secondary N) is 1. The highest BCUT2D eigenvalue weighted by molar-refractivity contribution is 7.89. The standard InChI is InChI=1S/C8H5F3N4O2S/c9-3-1-4(10)6(5(11)2-3)7-13-8(15-14-7)18(12,16)17/h1-2H,(H2,12,16,17)(H,13,14,15). The van der Waals surface area contributed by atoms with E-state index in [0.717, 1.165) is 0 Å². The van der Waals surface area contributed by atoms with Crippen LogP contribution in [-0.2, 0) is 10.0 Å². The summed E-state index contributed by atoms with van der Waals surface area (Å²) >= 11 is 0. The maximum absolute atomic E-state index is 13.3. The summed E-state index contributed by atoms with van der Waals surface area (Å²) in [6.45, 7) is 0. The average molecular weight is 278 g/mol. The number of benzene rings is 1. The molecule has 1 aromatic heterocycles. The fourth-order valence-electron chi connectivity index (χ4n) is 1.24. The van der Waals surface area contributed by atoms with Crippen LogP contribution in [0.25, 0.3) is 11.4 Å². The van der Waals surface area contributed by atoms with E-state index in [1.54, 1.807) is 0 Å². The Hall–Kier alpha value is -1.94. The zero-order chi connectivity index (χ0) is 13.5. The molecule has 0 unspecified atom stereocenters. The third-order valence-electron chi connectivity index (χ3n) is 1.96. The molecule has 0 spiro atoms. The zero-order valence-electron chi connectivity index (χ0n) is 8.49. The van der Waals surface area contributed by atoms with E-state index in [9.17, 15) is 21.6 Å². The number of hydrogen-bond acceptors (Lipinski definition) is 4. The van der Waals surface area contributed by atoms with E-state index in [1.807, 2.05) is 5.10 Å². The van der Waals surface area contributed by atoms with Crippen molar-refractivity contribution in [3.05, 3.63) is 29.6 Å². The van der Waals surface area contributed by atoms with Crippen LogP contribution in [0.2, 0.25) is 0 Å². The van der Waals surface area contributed by atoms with Crippen LogP contribution in [0.1, 0.15) is 0 Å². The smallest absolute Gasteiger partial charge is 0.248 e. The van der Waals surface area contributed by atoms with E-state index in [1.165, 1.54) is 0 Å². The number of halogens is 3. The predicted octanol–water partition coefficient (Wildman–Crippen LogP) is 0.536. The second-order valence-electron chi connectivity index (χ2n) is 3.25. The fourth-order valence-corrected chi connectivity index (χ4v) is 1.63. The molecule has 6 nitrogen and oxygen atoms in total. The molecule has 1 aromatic carbocycles. The number of hydrogen-bond donors (Lipinski definition) is 2. The molecule has 10 heteroatoms. The SMILES string of the molecule is NS(=O)(=O)c1nc(-c2c(F)cc(F)cc2F)n[nH]1. The van der Waals surface area contributed by atoms with Gasteiger partial charge in [-0.3, -0.25) is 0 Å². The maximum Gasteiger partial charge on any atom is 0.273 e. The van der Waals surface area contributed by atoms with Crippen LogP contribution in [0.4, 0.5) is 13.2 Å². The summed E-state index contributed by atoms with van der Waals surface area (Å²) < 4.78 is 61.2. The first kappa shape index (κ1) is 12.5. The summed E-state index contributed by atoms with van der Waals surface area (Å²) in [6.07, 6.45) is 0. The second kappa shape index (κ2) is 4.07. The van der Waals surface area contributed by atoms with Crippen molar-refractivity contribution in [1.29, 1.82) is 0 Å². The molecule has 0 bridgehead atoms. The van der Waals surface area contributed by atoms with Gasteiger partial charge in [0.2, 0.25) is 0 Å². The Bertz CT molecular complexity index is 690. The zero-order valence-corrected chi connectivity index (χ0v) is 9.30. The van der Waals surface area contributed by atoms with Crippen LogP contribution in [0.3, 0.4) is 0 Å². The molecule has 96 valence electrons. The fraction of sp³-hybridized carbons (Fsp3) is 0. The van der Waals surface area contributed by atoms with Crippen LogP contribution in [-0.4, -0.2) is 23.6 Å². The average Bonchev–Trinajstić information content (AvgIpc) is 2.64. The third kappa shape index (κ3) is 2.19. The van der Waals surface area contributed by atoms with Gasteiger partial charge in [0, 0.05) is 12.1 Å². The van der Waals surface area contributed by atoms with Crippen LogP contribution < -0.4 is 5.14 Å². The molecule has 1 heterocycles. The van der Waals surface area contributed by atoms with Gasteiger partial charge in [0.25, 0.3) is 15.2 Å². The van der Waals surface area contributed by atoms with Crippen LogP contribution in [0.5, 0.6) is 0 Å². The largest absolute Gasteiger partial charge is 0.273 e. The lowest BCUT2D eigenvalue weighted by atomic mass is 10.2. The van der Waals surface area contributed by atoms with E-state index in [0.29, 0.717) is 12.1 Å². The van der Waals surface area contributed by atoms with Crippen molar-refractivity contribution in [2.45, 2.75) is 5.16 Å². The van der Waals surface area contributed by atoms with E-state index in [-0.39, 0.29) is 0 Å². The highest BCUT2D eigenvalue weighted by Gasteiger charge is 2.21. The van der Waals surface area contributed by atoms with Crippen LogP contribution in [0.15, 0.2) is 17.3 Å². The number of primary sulfonamides is 1. The van der Waals surface area contributed by atoms with Gasteiger partial charge in [-0.05, 0) is 0 Å². The molecular formula is C8H5F3N4O2S. The van der Waals surface area contributed by atoms with Gasteiger partial charge in [0.15, 0.2) is 5.82 Å². The Kier molecular flexibility index (Phi) is 2.83. The summed E-state index contributed by atoms with van der Waals surface area (Å²) in [5.74, 6) is -4.20. The highest BCUT2D eigenvalue weighted by Crippen LogP contribution is 2.24. The molecule has 2 aromatic rings. The van der Waals surface area contributed by atoms with Crippen molar-refractivity contribution in [3.63, 3.8) is 0 Å². The van der Waals surface area contributed by atoms with Gasteiger partial charge >= 0.3 is 0 Å². The molecule has 0 atom stereocenters. The van der Waals surface area contributed by atoms with Gasteiger partial charge in [0.1, 0.15) is 17.5 Å². The first-order valence-electron chi connectivity index (χ1n) is 4.39. The first-order valence-corrected chi connectivity index (χ1v) is 5.94. The van der Waals surface area contributed by atoms with Crippen molar-refractivity contribution < 1.29 is 21.6 Å². The Morgan fingerprint density at radius 2 is 1.72 bits per heavy atom. The minimum absolute atomic E-state index is 0.422. The molecular weight excluding hydrogens is 273 g/mol. The van der Waals surface area contributed by atoms with Crippen molar-refractivity contribution >= 4 is 10.0 Å². The molecule has 3 N–H and O–H groups in total. The lowest BCUT2D eigenvalue weighted by molar-refractivity contribution is 0.546. The number of sulfonamides is 1. The molecule has 18 heavy (non-hydrogen) atoms. The quantitative estimate of drug-likeness (QED) is 0.836. The van der Waals surface area contributed by atoms with Crippen LogP contribution >= 0.6 is 0 Å². The summed E-state index contributed by atoms with van der Waals surface area (Å²) in [7, 11) is -4.17. The van der Waals surface area contributed by atoms with E-state index >= 15 is 0 Å². The second-order valence-corrected chi connectivity index (χ2v) is 4.73. The summed E-state index contributed by atoms with van der Waals surface area (Å²) in [4.78, 5) is 3.32. The highest BCUT2D eigenvalue weighted by atomic mass is 32.2. The van der Waals surface area contributed by atoms with Crippen molar-refractivity contribution in [3.8, 4) is 11.4 Å². The predicted molar refractivity (Wildman–Crippen MR) is 53.1 cm³/mol. The first-order chi connectivity index (χ1) is 8.29. The summed E-state index contributed by atoms with van der Waals surface area (Å²) in [5, 5.41) is 9.21. The van der Waals surface area contributed by atoms with Gasteiger partial charge in [0.05, 0.1) is 5.56 Å². The molecule has 0 saturated heterocycles. The minimum atomic E-state index is -4.17. The Morgan fingerprint density at radius 3 is 2.17 bits per heavy atom. The minimum Gasteiger partial charge on any atom is -0.248 e. The molecule has 0 saturated carbocycles. The Morgan fingerprint density at radius 1 is 1.17 bits per heavy atom. The van der Waals surface area contributed by atoms with Gasteiger partial charge in [-0.2, -0.15) is 10.1 Å². The number of rotatable bonds is 2. The lowest BCUT2D eigenvalue weighted by Crippen LogP contribution is -2.13. The monoisotopic (exact) mass is 278 g/mol. The third-order valence-corrected chi connectivity index (χ3v) is 2.69. The lowest BCUT2D eigenvalue weighted by Gasteiger charge is -2.00. The van der Waals surface area contributed by atoms with Crippen molar-refractivity contribution in [1.82, 2.24) is 15.2 Å². The molecule has 0 amide bonds. The molecule has 0 aliphatic heterocycles. The number of nitrogens with zero attached hydrogens (tertiary/aromatic N) is 2. The Labute approximate surface area is 98.7 Å². The van der Waals surface area contributed by atoms with E-state index in [2.05, 4.69) is 10.1 Å². The summed E-state index contributed by atoms with van der Waals surface area (Å²) in [5.41, 5.74) is -0.748. The topological polar surface area (TPSA) is 102 Å². The van der Waals surface area contributed by atoms with Crippen molar-refractivity contribution in [2.24, 2.45) is 5.14 Å². The normalized spacial score (nSPS) is 11.8. The van der Waals surface area contributed by atoms with Crippen LogP contribution in [0, 0.1) is 17.5 Å². The van der Waals surface area contributed by atoms with Gasteiger partial charge < -0.3 is 0 Å². The number of aromatic nitrogens is 3. The van der Waals surface area contributed by atoms with E-state index in [4.69, 9.17) is 5.14 Å².